The number of rotatable bonds is 10. The first-order chi connectivity index (χ1) is 20.7. The minimum absolute atomic E-state index is 0.0487. The van der Waals surface area contributed by atoms with Gasteiger partial charge in [0.2, 0.25) is 5.91 Å². The van der Waals surface area contributed by atoms with Crippen molar-refractivity contribution in [3.8, 4) is 11.5 Å². The Morgan fingerprint density at radius 1 is 1.11 bits per heavy atom. The molecule has 0 unspecified atom stereocenters. The van der Waals surface area contributed by atoms with Gasteiger partial charge in [-0.3, -0.25) is 19.8 Å². The number of benzene rings is 2. The Balaban J connectivity index is 0.000000900. The van der Waals surface area contributed by atoms with E-state index in [1.165, 1.54) is 6.07 Å². The quantitative estimate of drug-likeness (QED) is 0.192. The molecule has 1 heterocycles. The lowest BCUT2D eigenvalue weighted by atomic mass is 9.84. The summed E-state index contributed by atoms with van der Waals surface area (Å²) in [6.45, 7) is 6.22. The lowest BCUT2D eigenvalue weighted by Crippen LogP contribution is -2.30. The molecule has 0 fully saturated rings. The molecule has 1 aliphatic rings. The van der Waals surface area contributed by atoms with Crippen LogP contribution in [0.5, 0.6) is 11.5 Å². The summed E-state index contributed by atoms with van der Waals surface area (Å²) in [7, 11) is 5.26. The van der Waals surface area contributed by atoms with E-state index in [1.54, 1.807) is 24.1 Å². The van der Waals surface area contributed by atoms with Gasteiger partial charge in [0.05, 0.1) is 18.7 Å². The first-order valence-electron chi connectivity index (χ1n) is 13.7. The highest BCUT2D eigenvalue weighted by Crippen LogP contribution is 2.39. The van der Waals surface area contributed by atoms with Crippen molar-refractivity contribution >= 4 is 35.1 Å². The Morgan fingerprint density at radius 2 is 1.71 bits per heavy atom. The second-order valence-corrected chi connectivity index (χ2v) is 11.5. The van der Waals surface area contributed by atoms with E-state index in [-0.39, 0.29) is 48.6 Å². The van der Waals surface area contributed by atoms with Crippen LogP contribution in [0, 0.1) is 5.41 Å². The molecule has 2 amide bonds. The number of aliphatic carboxylic acids is 1. The van der Waals surface area contributed by atoms with Gasteiger partial charge in [0.1, 0.15) is 5.84 Å². The number of phenols is 1. The summed E-state index contributed by atoms with van der Waals surface area (Å²) in [5.74, 6) is -3.40. The van der Waals surface area contributed by atoms with Gasteiger partial charge in [-0.15, -0.1) is 0 Å². The molecule has 15 heteroatoms. The van der Waals surface area contributed by atoms with Crippen LogP contribution in [0.3, 0.4) is 0 Å². The highest BCUT2D eigenvalue weighted by molar-refractivity contribution is 6.08. The number of phenolic OH excluding ortho intramolecular Hbond substituents is 1. The summed E-state index contributed by atoms with van der Waals surface area (Å²) in [4.78, 5) is 49.3. The smallest absolute Gasteiger partial charge is 0.490 e. The van der Waals surface area contributed by atoms with E-state index in [0.717, 1.165) is 11.3 Å². The van der Waals surface area contributed by atoms with E-state index in [0.29, 0.717) is 35.2 Å². The molecule has 0 spiro atoms. The molecule has 6 N–H and O–H groups in total. The predicted molar refractivity (Wildman–Crippen MR) is 160 cm³/mol. The van der Waals surface area contributed by atoms with Crippen molar-refractivity contribution in [3.05, 3.63) is 52.1 Å². The largest absolute Gasteiger partial charge is 0.504 e. The number of hydrogen-bond acceptors (Lipinski definition) is 8. The Kier molecular flexibility index (Phi) is 11.6. The third-order valence-corrected chi connectivity index (χ3v) is 6.71. The van der Waals surface area contributed by atoms with Gasteiger partial charge in [-0.05, 0) is 41.7 Å². The Hall–Kier alpha value is -4.82. The van der Waals surface area contributed by atoms with Crippen LogP contribution in [0.2, 0.25) is 0 Å². The van der Waals surface area contributed by atoms with Gasteiger partial charge < -0.3 is 35.8 Å². The number of ether oxygens (including phenoxy) is 1. The van der Waals surface area contributed by atoms with Gasteiger partial charge in [0.15, 0.2) is 17.3 Å². The molecule has 12 nitrogen and oxygen atoms in total. The number of carbonyl (C=O) groups excluding carboxylic acids is 3. The molecule has 0 saturated heterocycles. The molecule has 3 rings (SSSR count). The van der Waals surface area contributed by atoms with Crippen molar-refractivity contribution in [1.82, 2.24) is 10.2 Å². The SMILES string of the molecule is CNC(=O)c1cc2c(cc1N(C)C)CN(CC(=O)c1cc(OCCCC(N)=O)c(O)c(C(C)(C)C)c1)C2=N.O=C(O)C(F)(F)F. The topological polar surface area (TPSA) is 186 Å². The molecule has 0 saturated carbocycles. The number of nitrogens with one attached hydrogen (secondary N) is 2. The number of nitrogens with zero attached hydrogens (tertiary/aromatic N) is 2. The van der Waals surface area contributed by atoms with Crippen LogP contribution in [-0.4, -0.2) is 85.0 Å². The number of carboxylic acids is 1. The monoisotopic (exact) mass is 637 g/mol. The molecule has 0 bridgehead atoms. The van der Waals surface area contributed by atoms with Crippen LogP contribution < -0.4 is 20.7 Å². The number of Topliss-reactive ketones (excluding diaryl/α,β-unsaturated/α-hetero) is 1. The maximum atomic E-state index is 13.4. The number of anilines is 1. The fourth-order valence-electron chi connectivity index (χ4n) is 4.40. The fourth-order valence-corrected chi connectivity index (χ4v) is 4.40. The zero-order valence-corrected chi connectivity index (χ0v) is 25.9. The molecular weight excluding hydrogens is 599 g/mol. The molecule has 2 aromatic carbocycles. The van der Waals surface area contributed by atoms with Crippen molar-refractivity contribution in [3.63, 3.8) is 0 Å². The maximum absolute atomic E-state index is 13.4. The normalized spacial score (nSPS) is 12.6. The number of primary amides is 1. The summed E-state index contributed by atoms with van der Waals surface area (Å²) in [5, 5.41) is 29.3. The molecule has 0 atom stereocenters. The zero-order chi connectivity index (χ0) is 34.4. The lowest BCUT2D eigenvalue weighted by molar-refractivity contribution is -0.192. The first-order valence-corrected chi connectivity index (χ1v) is 13.7. The van der Waals surface area contributed by atoms with E-state index >= 15 is 0 Å². The van der Waals surface area contributed by atoms with E-state index in [9.17, 15) is 32.7 Å². The number of amidine groups is 1. The predicted octanol–water partition coefficient (Wildman–Crippen LogP) is 3.42. The van der Waals surface area contributed by atoms with Gasteiger partial charge in [-0.2, -0.15) is 13.2 Å². The van der Waals surface area contributed by atoms with Crippen LogP contribution in [0.1, 0.15) is 71.0 Å². The minimum atomic E-state index is -5.08. The number of carboxylic acid groups (broad SMARTS) is 1. The number of fused-ring (bicyclic) bond motifs is 1. The number of halogens is 3. The molecule has 0 aromatic heterocycles. The highest BCUT2D eigenvalue weighted by Gasteiger charge is 2.38. The van der Waals surface area contributed by atoms with Gasteiger partial charge >= 0.3 is 12.1 Å². The Labute approximate surface area is 258 Å². The van der Waals surface area contributed by atoms with Crippen LogP contribution in [0.25, 0.3) is 0 Å². The van der Waals surface area contributed by atoms with E-state index < -0.39 is 23.5 Å². The van der Waals surface area contributed by atoms with Crippen LogP contribution in [-0.2, 0) is 21.5 Å². The second-order valence-electron chi connectivity index (χ2n) is 11.5. The molecule has 2 aromatic rings. The van der Waals surface area contributed by atoms with E-state index in [1.807, 2.05) is 45.8 Å². The standard InChI is InChI=1S/C28H37N5O5.C2HF3O2/c1-28(2,3)20-10-16(12-23(25(20)36)38-9-7-8-24(29)35)22(34)15-33-14-17-11-21(32(5)6)19(27(37)31-4)13-18(17)26(33)30;3-2(4,5)1(6)7/h10-13,30,36H,7-9,14-15H2,1-6H3,(H2,29,35)(H,31,37);(H,6,7). The number of hydrogen-bond donors (Lipinski definition) is 5. The highest BCUT2D eigenvalue weighted by atomic mass is 19.4. The molecule has 1 aliphatic heterocycles. The minimum Gasteiger partial charge on any atom is -0.504 e. The number of amides is 2. The number of nitrogens with two attached hydrogens (primary N) is 1. The van der Waals surface area contributed by atoms with Gasteiger partial charge in [0.25, 0.3) is 5.91 Å². The molecule has 0 radical (unpaired) electrons. The number of ketones is 1. The van der Waals surface area contributed by atoms with Crippen molar-refractivity contribution in [1.29, 1.82) is 5.41 Å². The van der Waals surface area contributed by atoms with Crippen molar-refractivity contribution in [2.75, 3.05) is 39.2 Å². The van der Waals surface area contributed by atoms with Gasteiger partial charge in [-0.1, -0.05) is 20.8 Å². The number of alkyl halides is 3. The van der Waals surface area contributed by atoms with Crippen molar-refractivity contribution < 1.29 is 47.3 Å². The van der Waals surface area contributed by atoms with E-state index in [4.69, 9.17) is 25.8 Å². The lowest BCUT2D eigenvalue weighted by Gasteiger charge is -2.24. The van der Waals surface area contributed by atoms with Gasteiger partial charge in [0, 0.05) is 56.5 Å². The number of aromatic hydroxyl groups is 1. The zero-order valence-electron chi connectivity index (χ0n) is 25.9. The summed E-state index contributed by atoms with van der Waals surface area (Å²) in [5.41, 5.74) is 8.28. The average Bonchev–Trinajstić information content (AvgIpc) is 3.23. The second kappa shape index (κ2) is 14.3. The molecule has 0 aliphatic carbocycles. The molecule has 246 valence electrons. The maximum Gasteiger partial charge on any atom is 0.490 e. The third-order valence-electron chi connectivity index (χ3n) is 6.71. The van der Waals surface area contributed by atoms with Gasteiger partial charge in [-0.25, -0.2) is 4.79 Å². The Morgan fingerprint density at radius 3 is 2.20 bits per heavy atom. The fraction of sp³-hybridized carbons (Fsp3) is 0.433. The molecular formula is C30H38F3N5O7. The van der Waals surface area contributed by atoms with Crippen LogP contribution >= 0.6 is 0 Å². The van der Waals surface area contributed by atoms with Crippen LogP contribution in [0.4, 0.5) is 18.9 Å². The Bertz CT molecular complexity index is 1480. The third kappa shape index (κ3) is 9.33. The summed E-state index contributed by atoms with van der Waals surface area (Å²) in [6, 6.07) is 6.74. The number of carbonyl (C=O) groups is 4. The summed E-state index contributed by atoms with van der Waals surface area (Å²) in [6.07, 6.45) is -4.55. The van der Waals surface area contributed by atoms with Crippen molar-refractivity contribution in [2.45, 2.75) is 51.7 Å². The van der Waals surface area contributed by atoms with Crippen LogP contribution in [0.15, 0.2) is 24.3 Å². The summed E-state index contributed by atoms with van der Waals surface area (Å²) >= 11 is 0. The van der Waals surface area contributed by atoms with Crippen molar-refractivity contribution in [2.24, 2.45) is 5.73 Å². The first kappa shape index (κ1) is 36.4. The van der Waals surface area contributed by atoms with E-state index in [2.05, 4.69) is 5.32 Å². The molecule has 45 heavy (non-hydrogen) atoms. The summed E-state index contributed by atoms with van der Waals surface area (Å²) < 4.78 is 37.5. The average molecular weight is 638 g/mol.